The molecule has 0 radical (unpaired) electrons. The molecule has 0 atom stereocenters. The van der Waals surface area contributed by atoms with E-state index in [1.54, 1.807) is 31.4 Å². The fraction of sp³-hybridized carbons (Fsp3) is 0.0833. The average molecular weight is 245 g/mol. The number of hydrazone groups is 1. The van der Waals surface area contributed by atoms with Crippen molar-refractivity contribution in [1.82, 2.24) is 5.43 Å². The Morgan fingerprint density at radius 1 is 1.39 bits per heavy atom. The summed E-state index contributed by atoms with van der Waals surface area (Å²) in [7, 11) is 1.56. The number of Topliss-reactive ketones (excluding diaryl/α,β-unsaturated/α-hetero) is 1. The molecular formula is C12H11N3O3. The quantitative estimate of drug-likeness (QED) is 0.759. The summed E-state index contributed by atoms with van der Waals surface area (Å²) < 4.78 is 5.07. The van der Waals surface area contributed by atoms with Gasteiger partial charge in [-0.25, -0.2) is 10.2 Å². The van der Waals surface area contributed by atoms with Crippen molar-refractivity contribution in [3.8, 4) is 5.75 Å². The molecule has 6 nitrogen and oxygen atoms in total. The monoisotopic (exact) mass is 245 g/mol. The van der Waals surface area contributed by atoms with Gasteiger partial charge in [-0.05, 0) is 29.8 Å². The molecule has 6 heteroatoms. The van der Waals surface area contributed by atoms with E-state index in [9.17, 15) is 9.59 Å². The van der Waals surface area contributed by atoms with Crippen LogP contribution in [0.1, 0.15) is 15.9 Å². The molecule has 1 aliphatic rings. The SMILES string of the molecule is COc1ccc2c(c1)C=C/C(=N\NC(N)=O)C2=O. The summed E-state index contributed by atoms with van der Waals surface area (Å²) in [5.74, 6) is 0.394. The molecule has 0 spiro atoms. The minimum absolute atomic E-state index is 0.131. The highest BCUT2D eigenvalue weighted by Crippen LogP contribution is 2.23. The fourth-order valence-electron chi connectivity index (χ4n) is 1.60. The summed E-state index contributed by atoms with van der Waals surface area (Å²) in [6, 6.07) is 4.28. The molecule has 18 heavy (non-hydrogen) atoms. The highest BCUT2D eigenvalue weighted by atomic mass is 16.5. The molecule has 2 amide bonds. The molecule has 1 aromatic rings. The lowest BCUT2D eigenvalue weighted by atomic mass is 9.95. The van der Waals surface area contributed by atoms with Crippen molar-refractivity contribution in [2.75, 3.05) is 7.11 Å². The van der Waals surface area contributed by atoms with Gasteiger partial charge in [0, 0.05) is 5.56 Å². The van der Waals surface area contributed by atoms with Crippen LogP contribution in [0.4, 0.5) is 4.79 Å². The first-order valence-corrected chi connectivity index (χ1v) is 5.16. The Morgan fingerprint density at radius 3 is 2.83 bits per heavy atom. The number of ketones is 1. The molecule has 0 aromatic heterocycles. The molecular weight excluding hydrogens is 234 g/mol. The van der Waals surface area contributed by atoms with Gasteiger partial charge in [0.2, 0.25) is 5.78 Å². The van der Waals surface area contributed by atoms with Crippen LogP contribution < -0.4 is 15.9 Å². The number of hydrogen-bond acceptors (Lipinski definition) is 4. The van der Waals surface area contributed by atoms with Crippen LogP contribution in [-0.2, 0) is 0 Å². The van der Waals surface area contributed by atoms with Crippen LogP contribution in [0.2, 0.25) is 0 Å². The van der Waals surface area contributed by atoms with Crippen LogP contribution >= 0.6 is 0 Å². The van der Waals surface area contributed by atoms with Gasteiger partial charge in [-0.15, -0.1) is 0 Å². The van der Waals surface area contributed by atoms with Gasteiger partial charge in [0.15, 0.2) is 0 Å². The minimum atomic E-state index is -0.816. The molecule has 2 rings (SSSR count). The summed E-state index contributed by atoms with van der Waals surface area (Å²) in [5.41, 5.74) is 8.29. The lowest BCUT2D eigenvalue weighted by Crippen LogP contribution is -2.28. The summed E-state index contributed by atoms with van der Waals surface area (Å²) in [5, 5.41) is 3.63. The first-order chi connectivity index (χ1) is 8.61. The largest absolute Gasteiger partial charge is 0.497 e. The second-order valence-electron chi connectivity index (χ2n) is 3.59. The number of carbonyl (C=O) groups excluding carboxylic acids is 2. The Bertz CT molecular complexity index is 576. The Labute approximate surface area is 103 Å². The molecule has 1 aromatic carbocycles. The third-order valence-electron chi connectivity index (χ3n) is 2.44. The van der Waals surface area contributed by atoms with E-state index in [1.165, 1.54) is 6.08 Å². The van der Waals surface area contributed by atoms with E-state index in [1.807, 2.05) is 5.43 Å². The van der Waals surface area contributed by atoms with Crippen LogP contribution in [0.3, 0.4) is 0 Å². The molecule has 0 unspecified atom stereocenters. The van der Waals surface area contributed by atoms with Crippen LogP contribution in [0.25, 0.3) is 6.08 Å². The van der Waals surface area contributed by atoms with E-state index in [2.05, 4.69) is 5.10 Å². The van der Waals surface area contributed by atoms with Crippen molar-refractivity contribution < 1.29 is 14.3 Å². The fourth-order valence-corrected chi connectivity index (χ4v) is 1.60. The molecule has 0 saturated heterocycles. The van der Waals surface area contributed by atoms with E-state index in [0.29, 0.717) is 11.3 Å². The first-order valence-electron chi connectivity index (χ1n) is 5.16. The average Bonchev–Trinajstić information content (AvgIpc) is 2.37. The van der Waals surface area contributed by atoms with E-state index in [-0.39, 0.29) is 11.5 Å². The van der Waals surface area contributed by atoms with Crippen LogP contribution in [-0.4, -0.2) is 24.6 Å². The molecule has 0 saturated carbocycles. The van der Waals surface area contributed by atoms with Gasteiger partial charge in [0.05, 0.1) is 7.11 Å². The van der Waals surface area contributed by atoms with Gasteiger partial charge in [-0.3, -0.25) is 4.79 Å². The second kappa shape index (κ2) is 4.70. The number of carbonyl (C=O) groups is 2. The predicted molar refractivity (Wildman–Crippen MR) is 66.5 cm³/mol. The number of nitrogens with zero attached hydrogens (tertiary/aromatic N) is 1. The van der Waals surface area contributed by atoms with Gasteiger partial charge >= 0.3 is 6.03 Å². The lowest BCUT2D eigenvalue weighted by molar-refractivity contribution is 0.106. The molecule has 92 valence electrons. The number of fused-ring (bicyclic) bond motifs is 1. The van der Waals surface area contributed by atoms with Crippen molar-refractivity contribution in [2.24, 2.45) is 10.8 Å². The number of amides is 2. The predicted octanol–water partition coefficient (Wildman–Crippen LogP) is 0.929. The van der Waals surface area contributed by atoms with E-state index >= 15 is 0 Å². The third-order valence-corrected chi connectivity index (χ3v) is 2.44. The maximum atomic E-state index is 12.0. The maximum absolute atomic E-state index is 12.0. The third kappa shape index (κ3) is 2.22. The van der Waals surface area contributed by atoms with E-state index in [4.69, 9.17) is 10.5 Å². The number of primary amides is 1. The van der Waals surface area contributed by atoms with Crippen molar-refractivity contribution in [2.45, 2.75) is 0 Å². The molecule has 0 aliphatic heterocycles. The van der Waals surface area contributed by atoms with Gasteiger partial charge in [0.1, 0.15) is 11.5 Å². The molecule has 0 heterocycles. The number of methoxy groups -OCH3 is 1. The highest BCUT2D eigenvalue weighted by Gasteiger charge is 2.19. The number of rotatable bonds is 2. The zero-order valence-corrected chi connectivity index (χ0v) is 9.64. The highest BCUT2D eigenvalue weighted by molar-refractivity contribution is 6.52. The standard InChI is InChI=1S/C12H11N3O3/c1-18-8-3-4-9-7(6-8)2-5-10(11(9)16)14-15-12(13)17/h2-6H,1H3,(H3,13,15,17)/b14-10+. The van der Waals surface area contributed by atoms with Gasteiger partial charge in [-0.1, -0.05) is 6.08 Å². The maximum Gasteiger partial charge on any atom is 0.332 e. The number of benzene rings is 1. The summed E-state index contributed by atoms with van der Waals surface area (Å²) in [4.78, 5) is 22.5. The van der Waals surface area contributed by atoms with E-state index < -0.39 is 6.03 Å². The number of ether oxygens (including phenoxy) is 1. The smallest absolute Gasteiger partial charge is 0.332 e. The van der Waals surface area contributed by atoms with Crippen LogP contribution in [0.5, 0.6) is 5.75 Å². The zero-order chi connectivity index (χ0) is 13.1. The zero-order valence-electron chi connectivity index (χ0n) is 9.64. The summed E-state index contributed by atoms with van der Waals surface area (Å²) in [6.45, 7) is 0. The Hall–Kier alpha value is -2.63. The van der Waals surface area contributed by atoms with E-state index in [0.717, 1.165) is 5.56 Å². The number of nitrogens with two attached hydrogens (primary N) is 1. The van der Waals surface area contributed by atoms with Crippen LogP contribution in [0.15, 0.2) is 29.4 Å². The van der Waals surface area contributed by atoms with Crippen LogP contribution in [0, 0.1) is 0 Å². The second-order valence-corrected chi connectivity index (χ2v) is 3.59. The van der Waals surface area contributed by atoms with Crippen molar-refractivity contribution in [3.63, 3.8) is 0 Å². The van der Waals surface area contributed by atoms with Crippen molar-refractivity contribution in [1.29, 1.82) is 0 Å². The molecule has 3 N–H and O–H groups in total. The Kier molecular flexibility index (Phi) is 3.09. The Balaban J connectivity index is 2.35. The summed E-state index contributed by atoms with van der Waals surface area (Å²) in [6.07, 6.45) is 3.24. The molecule has 0 bridgehead atoms. The van der Waals surface area contributed by atoms with Crippen molar-refractivity contribution in [3.05, 3.63) is 35.4 Å². The number of hydrogen-bond donors (Lipinski definition) is 2. The molecule has 0 fully saturated rings. The summed E-state index contributed by atoms with van der Waals surface area (Å²) >= 11 is 0. The molecule has 1 aliphatic carbocycles. The number of allylic oxidation sites excluding steroid dienone is 1. The number of urea groups is 1. The topological polar surface area (TPSA) is 93.8 Å². The first kappa shape index (κ1) is 11.8. The van der Waals surface area contributed by atoms with Gasteiger partial charge < -0.3 is 10.5 Å². The number of nitrogens with one attached hydrogen (secondary N) is 1. The normalized spacial score (nSPS) is 15.4. The minimum Gasteiger partial charge on any atom is -0.497 e. The van der Waals surface area contributed by atoms with Crippen molar-refractivity contribution >= 4 is 23.6 Å². The Morgan fingerprint density at radius 2 is 2.17 bits per heavy atom. The lowest BCUT2D eigenvalue weighted by Gasteiger charge is -2.12. The van der Waals surface area contributed by atoms with Gasteiger partial charge in [0.25, 0.3) is 0 Å². The van der Waals surface area contributed by atoms with Gasteiger partial charge in [-0.2, -0.15) is 5.10 Å².